The van der Waals surface area contributed by atoms with E-state index >= 15 is 0 Å². The number of nitrogens with zero attached hydrogens (tertiary/aromatic N) is 1. The molecule has 3 aromatic carbocycles. The van der Waals surface area contributed by atoms with E-state index in [1.54, 1.807) is 18.2 Å². The molecule has 0 aliphatic carbocycles. The van der Waals surface area contributed by atoms with E-state index in [-0.39, 0.29) is 14.8 Å². The number of hydrogen-bond donors (Lipinski definition) is 0. The van der Waals surface area contributed by atoms with Gasteiger partial charge in [0.25, 0.3) is 0 Å². The molecular weight excluding hydrogens is 537 g/mol. The van der Waals surface area contributed by atoms with Crippen LogP contribution in [0.4, 0.5) is 4.39 Å². The maximum Gasteiger partial charge on any atom is 0.225 e. The van der Waals surface area contributed by atoms with Crippen molar-refractivity contribution in [2.75, 3.05) is 6.26 Å². The van der Waals surface area contributed by atoms with E-state index in [0.29, 0.717) is 26.7 Å². The van der Waals surface area contributed by atoms with Crippen LogP contribution in [-0.4, -0.2) is 28.1 Å². The summed E-state index contributed by atoms with van der Waals surface area (Å²) in [6, 6.07) is 14.8. The van der Waals surface area contributed by atoms with Crippen molar-refractivity contribution >= 4 is 46.9 Å². The van der Waals surface area contributed by atoms with Crippen molar-refractivity contribution in [3.8, 4) is 22.3 Å². The number of halogens is 2. The van der Waals surface area contributed by atoms with E-state index in [2.05, 4.69) is 20.9 Å². The summed E-state index contributed by atoms with van der Waals surface area (Å²) in [5.74, 6) is -0.452. The van der Waals surface area contributed by atoms with Crippen molar-refractivity contribution < 1.29 is 21.2 Å². The molecule has 0 unspecified atom stereocenters. The van der Waals surface area contributed by atoms with Crippen LogP contribution < -0.4 is 0 Å². The SMILES string of the molecule is CS(=O)(=O)c1ccc(-c2c(Br)ccc(S(=O)(=O)c3cscn3)c2-c2ccc(F)cc2)cc1. The van der Waals surface area contributed by atoms with Crippen molar-refractivity contribution in [2.24, 2.45) is 0 Å². The van der Waals surface area contributed by atoms with Crippen molar-refractivity contribution in [3.63, 3.8) is 0 Å². The quantitative estimate of drug-likeness (QED) is 0.321. The van der Waals surface area contributed by atoms with Gasteiger partial charge in [-0.15, -0.1) is 11.3 Å². The minimum absolute atomic E-state index is 0.0143. The van der Waals surface area contributed by atoms with Gasteiger partial charge in [0.2, 0.25) is 9.84 Å². The second kappa shape index (κ2) is 8.51. The number of hydrogen-bond acceptors (Lipinski definition) is 6. The molecule has 164 valence electrons. The number of aromatic nitrogens is 1. The molecular formula is C22H15BrFNO4S3. The van der Waals surface area contributed by atoms with E-state index in [4.69, 9.17) is 0 Å². The van der Waals surface area contributed by atoms with Crippen LogP contribution in [0.2, 0.25) is 0 Å². The zero-order valence-corrected chi connectivity index (χ0v) is 20.5. The Hall–Kier alpha value is -2.40. The van der Waals surface area contributed by atoms with E-state index in [1.807, 2.05) is 0 Å². The maximum atomic E-state index is 13.6. The largest absolute Gasteiger partial charge is 0.233 e. The summed E-state index contributed by atoms with van der Waals surface area (Å²) in [5, 5.41) is 1.37. The fourth-order valence-corrected chi connectivity index (χ4v) is 6.78. The number of thiazole rings is 1. The highest BCUT2D eigenvalue weighted by Crippen LogP contribution is 2.43. The topological polar surface area (TPSA) is 81.2 Å². The Bertz CT molecular complexity index is 1500. The summed E-state index contributed by atoms with van der Waals surface area (Å²) < 4.78 is 64.8. The van der Waals surface area contributed by atoms with Gasteiger partial charge in [-0.05, 0) is 47.5 Å². The molecule has 0 N–H and O–H groups in total. The Morgan fingerprint density at radius 1 is 0.844 bits per heavy atom. The normalized spacial score (nSPS) is 12.1. The highest BCUT2D eigenvalue weighted by molar-refractivity contribution is 9.10. The van der Waals surface area contributed by atoms with Crippen LogP contribution in [-0.2, 0) is 19.7 Å². The predicted octanol–water partition coefficient (Wildman–Crippen LogP) is 5.62. The summed E-state index contributed by atoms with van der Waals surface area (Å²) in [4.78, 5) is 4.13. The summed E-state index contributed by atoms with van der Waals surface area (Å²) in [7, 11) is -7.37. The summed E-state index contributed by atoms with van der Waals surface area (Å²) >= 11 is 4.67. The summed E-state index contributed by atoms with van der Waals surface area (Å²) in [5.41, 5.74) is 3.42. The first-order valence-electron chi connectivity index (χ1n) is 9.11. The van der Waals surface area contributed by atoms with Gasteiger partial charge >= 0.3 is 0 Å². The molecule has 0 amide bonds. The first-order chi connectivity index (χ1) is 15.1. The van der Waals surface area contributed by atoms with Crippen LogP contribution in [0.15, 0.2) is 90.8 Å². The maximum absolute atomic E-state index is 13.6. The lowest BCUT2D eigenvalue weighted by molar-refractivity contribution is 0.593. The van der Waals surface area contributed by atoms with Gasteiger partial charge in [-0.3, -0.25) is 0 Å². The second-order valence-corrected chi connectivity index (χ2v) is 12.4. The lowest BCUT2D eigenvalue weighted by atomic mass is 9.94. The van der Waals surface area contributed by atoms with Gasteiger partial charge in [0, 0.05) is 27.2 Å². The van der Waals surface area contributed by atoms with Gasteiger partial charge in [0.1, 0.15) is 5.82 Å². The molecule has 10 heteroatoms. The number of sulfone groups is 2. The third-order valence-electron chi connectivity index (χ3n) is 4.79. The zero-order valence-electron chi connectivity index (χ0n) is 16.5. The molecule has 0 aliphatic heterocycles. The summed E-state index contributed by atoms with van der Waals surface area (Å²) in [6.45, 7) is 0. The first kappa shape index (κ1) is 22.8. The van der Waals surface area contributed by atoms with Crippen LogP contribution in [0.1, 0.15) is 0 Å². The Morgan fingerprint density at radius 3 is 2.00 bits per heavy atom. The molecule has 0 spiro atoms. The fraction of sp³-hybridized carbons (Fsp3) is 0.0455. The minimum Gasteiger partial charge on any atom is -0.233 e. The lowest BCUT2D eigenvalue weighted by Gasteiger charge is -2.17. The molecule has 1 heterocycles. The number of rotatable bonds is 5. The Balaban J connectivity index is 2.05. The lowest BCUT2D eigenvalue weighted by Crippen LogP contribution is -2.06. The zero-order chi connectivity index (χ0) is 23.1. The molecule has 0 saturated heterocycles. The van der Waals surface area contributed by atoms with Gasteiger partial charge in [-0.25, -0.2) is 26.2 Å². The average molecular weight is 552 g/mol. The van der Waals surface area contributed by atoms with Gasteiger partial charge in [0.05, 0.1) is 15.3 Å². The van der Waals surface area contributed by atoms with Crippen molar-refractivity contribution in [2.45, 2.75) is 14.8 Å². The van der Waals surface area contributed by atoms with Gasteiger partial charge in [-0.2, -0.15) is 0 Å². The highest BCUT2D eigenvalue weighted by Gasteiger charge is 2.27. The van der Waals surface area contributed by atoms with Crippen molar-refractivity contribution in [1.82, 2.24) is 4.98 Å². The van der Waals surface area contributed by atoms with Gasteiger partial charge in [0.15, 0.2) is 14.9 Å². The molecule has 0 saturated carbocycles. The highest BCUT2D eigenvalue weighted by atomic mass is 79.9. The Labute approximate surface area is 197 Å². The van der Waals surface area contributed by atoms with Crippen LogP contribution in [0, 0.1) is 5.82 Å². The molecule has 4 rings (SSSR count). The molecule has 5 nitrogen and oxygen atoms in total. The Kier molecular flexibility index (Phi) is 6.06. The van der Waals surface area contributed by atoms with Gasteiger partial charge < -0.3 is 0 Å². The van der Waals surface area contributed by atoms with E-state index in [0.717, 1.165) is 6.26 Å². The number of benzene rings is 3. The van der Waals surface area contributed by atoms with Crippen molar-refractivity contribution in [3.05, 3.63) is 81.8 Å². The molecule has 0 fully saturated rings. The molecule has 0 atom stereocenters. The second-order valence-electron chi connectivity index (χ2n) is 6.93. The molecule has 32 heavy (non-hydrogen) atoms. The third-order valence-corrected chi connectivity index (χ3v) is 9.01. The molecule has 4 aromatic rings. The van der Waals surface area contributed by atoms with Gasteiger partial charge in [-0.1, -0.05) is 40.2 Å². The van der Waals surface area contributed by atoms with Crippen LogP contribution in [0.5, 0.6) is 0 Å². The standard InChI is InChI=1S/C22H15BrFNO4S3/c1-31(26,27)17-8-4-14(5-9-17)21-18(23)10-11-19(32(28,29)20-12-30-13-25-20)22(21)15-2-6-16(24)7-3-15/h2-13H,1H3. The monoisotopic (exact) mass is 551 g/mol. The molecule has 1 aromatic heterocycles. The summed E-state index contributed by atoms with van der Waals surface area (Å²) in [6.07, 6.45) is 1.11. The third kappa shape index (κ3) is 4.27. The van der Waals surface area contributed by atoms with Crippen molar-refractivity contribution in [1.29, 1.82) is 0 Å². The van der Waals surface area contributed by atoms with Crippen LogP contribution in [0.3, 0.4) is 0 Å². The van der Waals surface area contributed by atoms with Crippen LogP contribution >= 0.6 is 27.3 Å². The molecule has 0 radical (unpaired) electrons. The smallest absolute Gasteiger partial charge is 0.225 e. The minimum atomic E-state index is -3.97. The molecule has 0 bridgehead atoms. The molecule has 0 aliphatic rings. The average Bonchev–Trinajstić information content (AvgIpc) is 3.29. The van der Waals surface area contributed by atoms with E-state index in [1.165, 1.54) is 64.7 Å². The van der Waals surface area contributed by atoms with E-state index in [9.17, 15) is 21.2 Å². The van der Waals surface area contributed by atoms with Crippen LogP contribution in [0.25, 0.3) is 22.3 Å². The predicted molar refractivity (Wildman–Crippen MR) is 126 cm³/mol. The first-order valence-corrected chi connectivity index (χ1v) is 14.2. The van der Waals surface area contributed by atoms with E-state index < -0.39 is 25.5 Å². The Morgan fingerprint density at radius 2 is 1.44 bits per heavy atom. The fourth-order valence-electron chi connectivity index (χ4n) is 3.28.